The molecule has 11 nitrogen and oxygen atoms in total. The largest absolute Gasteiger partial charge is 0.466 e. The summed E-state index contributed by atoms with van der Waals surface area (Å²) < 4.78 is 43.4. The van der Waals surface area contributed by atoms with Crippen LogP contribution in [0.15, 0.2) is 45.8 Å². The van der Waals surface area contributed by atoms with Crippen molar-refractivity contribution in [2.75, 3.05) is 13.2 Å². The van der Waals surface area contributed by atoms with Crippen LogP contribution in [0.25, 0.3) is 0 Å². The number of halogens is 1. The quantitative estimate of drug-likeness (QED) is 0.243. The highest BCUT2D eigenvalue weighted by Gasteiger charge is 2.61. The van der Waals surface area contributed by atoms with Crippen molar-refractivity contribution in [1.82, 2.24) is 10.2 Å². The summed E-state index contributed by atoms with van der Waals surface area (Å²) in [6, 6.07) is 3.87. The highest BCUT2D eigenvalue weighted by atomic mass is 79.9. The van der Waals surface area contributed by atoms with Crippen molar-refractivity contribution in [1.29, 1.82) is 0 Å². The molecule has 0 aromatic heterocycles. The number of hydrogen-bond donors (Lipinski definition) is 1. The van der Waals surface area contributed by atoms with Gasteiger partial charge in [0.2, 0.25) is 5.91 Å². The average molecular weight is 712 g/mol. The maximum absolute atomic E-state index is 14.1. The second kappa shape index (κ2) is 14.3. The topological polar surface area (TPSA) is 145 Å². The Kier molecular flexibility index (Phi) is 11.2. The van der Waals surface area contributed by atoms with E-state index in [1.165, 1.54) is 17.0 Å². The lowest BCUT2D eigenvalue weighted by Crippen LogP contribution is -2.52. The summed E-state index contributed by atoms with van der Waals surface area (Å²) >= 11 is 3.29. The van der Waals surface area contributed by atoms with Gasteiger partial charge in [0.1, 0.15) is 11.6 Å². The number of carbonyl (C=O) groups excluding carboxylic acids is 4. The van der Waals surface area contributed by atoms with Gasteiger partial charge < -0.3 is 19.7 Å². The number of ketones is 1. The van der Waals surface area contributed by atoms with Gasteiger partial charge in [-0.1, -0.05) is 40.9 Å². The van der Waals surface area contributed by atoms with E-state index < -0.39 is 57.3 Å². The molecule has 1 saturated carbocycles. The lowest BCUT2D eigenvalue weighted by atomic mass is 9.91. The van der Waals surface area contributed by atoms with Crippen molar-refractivity contribution in [2.24, 2.45) is 11.3 Å². The minimum Gasteiger partial charge on any atom is -0.466 e. The number of benzene rings is 1. The first-order valence-electron chi connectivity index (χ1n) is 15.5. The Morgan fingerprint density at radius 2 is 1.82 bits per heavy atom. The van der Waals surface area contributed by atoms with E-state index in [0.717, 1.165) is 19.3 Å². The van der Waals surface area contributed by atoms with Crippen molar-refractivity contribution in [2.45, 2.75) is 108 Å². The van der Waals surface area contributed by atoms with Crippen molar-refractivity contribution < 1.29 is 41.3 Å². The third kappa shape index (κ3) is 8.94. The van der Waals surface area contributed by atoms with Crippen LogP contribution >= 0.6 is 15.9 Å². The molecule has 2 aliphatic heterocycles. The number of amides is 2. The third-order valence-electron chi connectivity index (χ3n) is 8.31. The van der Waals surface area contributed by atoms with Gasteiger partial charge in [-0.2, -0.15) is 8.42 Å². The number of alkyl carbamates (subject to hydrolysis) is 1. The molecule has 1 saturated heterocycles. The number of hydrogen-bond acceptors (Lipinski definition) is 9. The van der Waals surface area contributed by atoms with Crippen LogP contribution in [0.2, 0.25) is 0 Å². The standard InChI is InChI=1S/C32H43BrN2O9S/c1-5-42-29(38)32-18-21(32)11-9-7-6-8-10-12-25(34-30(39)43-31(2,3)4)28(37)35-20-23(17-26(35)27(36)19-32)44-45(40,41)24-15-13-22(33)14-16-24/h9,11,13-16,21,23,25-26H,5-8,10,12,17-20H2,1-4H3,(H,34,39)/b11-9-/t21-,23+,25+,26+,32-/m1/s1. The van der Waals surface area contributed by atoms with E-state index in [4.69, 9.17) is 13.7 Å². The monoisotopic (exact) mass is 710 g/mol. The number of rotatable bonds is 6. The van der Waals surface area contributed by atoms with Gasteiger partial charge in [0.25, 0.3) is 10.1 Å². The van der Waals surface area contributed by atoms with Crippen LogP contribution in [0.3, 0.4) is 0 Å². The van der Waals surface area contributed by atoms with Gasteiger partial charge in [-0.3, -0.25) is 18.6 Å². The fraction of sp³-hybridized carbons (Fsp3) is 0.625. The Morgan fingerprint density at radius 1 is 1.11 bits per heavy atom. The van der Waals surface area contributed by atoms with Gasteiger partial charge in [0.15, 0.2) is 5.78 Å². The molecular weight excluding hydrogens is 668 g/mol. The molecule has 0 radical (unpaired) electrons. The minimum absolute atomic E-state index is 0.0637. The molecule has 1 aromatic rings. The number of carbonyl (C=O) groups is 4. The molecule has 2 heterocycles. The van der Waals surface area contributed by atoms with Crippen molar-refractivity contribution in [3.8, 4) is 0 Å². The maximum Gasteiger partial charge on any atom is 0.408 e. The van der Waals surface area contributed by atoms with Crippen LogP contribution in [0, 0.1) is 11.3 Å². The van der Waals surface area contributed by atoms with E-state index in [-0.39, 0.29) is 42.6 Å². The average Bonchev–Trinajstić information content (AvgIpc) is 3.48. The van der Waals surface area contributed by atoms with Crippen LogP contribution in [0.4, 0.5) is 4.79 Å². The van der Waals surface area contributed by atoms with E-state index in [2.05, 4.69) is 21.2 Å². The first-order valence-corrected chi connectivity index (χ1v) is 17.7. The molecule has 1 N–H and O–H groups in total. The Morgan fingerprint density at radius 3 is 2.49 bits per heavy atom. The van der Waals surface area contributed by atoms with Crippen LogP contribution in [0.5, 0.6) is 0 Å². The SMILES string of the molecule is CCOC(=O)[C@]12CC(=O)[C@@H]3C[C@H](OS(=O)(=O)c4ccc(Br)cc4)CN3C(=O)[C@@H](NC(=O)OC(C)(C)C)CCCCC/C=C\[C@@H]1C2. The first-order chi connectivity index (χ1) is 21.1. The number of Topliss-reactive ketones (excluding diaryl/α,β-unsaturated/α-hetero) is 1. The van der Waals surface area contributed by atoms with Crippen LogP contribution in [0.1, 0.15) is 79.1 Å². The summed E-state index contributed by atoms with van der Waals surface area (Å²) in [6.07, 6.45) is 5.76. The predicted molar refractivity (Wildman–Crippen MR) is 168 cm³/mol. The molecule has 4 rings (SSSR count). The Balaban J connectivity index is 1.65. The Hall–Kier alpha value is -2.77. The molecule has 13 heteroatoms. The minimum atomic E-state index is -4.23. The Bertz CT molecular complexity index is 1410. The van der Waals surface area contributed by atoms with Crippen LogP contribution in [-0.4, -0.2) is 74.0 Å². The van der Waals surface area contributed by atoms with E-state index in [1.807, 2.05) is 12.2 Å². The van der Waals surface area contributed by atoms with Crippen molar-refractivity contribution in [3.05, 3.63) is 40.9 Å². The highest BCUT2D eigenvalue weighted by Crippen LogP contribution is 2.57. The second-order valence-electron chi connectivity index (χ2n) is 13.0. The second-order valence-corrected chi connectivity index (χ2v) is 15.5. The number of nitrogens with zero attached hydrogens (tertiary/aromatic N) is 1. The lowest BCUT2D eigenvalue weighted by molar-refractivity contribution is -0.152. The van der Waals surface area contributed by atoms with E-state index in [0.29, 0.717) is 23.7 Å². The van der Waals surface area contributed by atoms with Gasteiger partial charge in [0.05, 0.1) is 29.1 Å². The van der Waals surface area contributed by atoms with Gasteiger partial charge >= 0.3 is 12.1 Å². The van der Waals surface area contributed by atoms with Crippen LogP contribution < -0.4 is 5.32 Å². The zero-order valence-corrected chi connectivity index (χ0v) is 28.7. The van der Waals surface area contributed by atoms with Crippen molar-refractivity contribution >= 4 is 49.8 Å². The molecule has 3 aliphatic rings. The normalized spacial score (nSPS) is 28.6. The summed E-state index contributed by atoms with van der Waals surface area (Å²) in [4.78, 5) is 55.3. The summed E-state index contributed by atoms with van der Waals surface area (Å²) in [5.41, 5.74) is -1.83. The van der Waals surface area contributed by atoms with E-state index in [1.54, 1.807) is 39.8 Å². The molecule has 45 heavy (non-hydrogen) atoms. The maximum atomic E-state index is 14.1. The van der Waals surface area contributed by atoms with Crippen LogP contribution in [-0.2, 0) is 38.2 Å². The molecule has 1 aliphatic carbocycles. The number of nitrogens with one attached hydrogen (secondary N) is 1. The smallest absolute Gasteiger partial charge is 0.408 e. The number of allylic oxidation sites excluding steroid dienone is 2. The number of ether oxygens (including phenoxy) is 2. The molecular formula is C32H43BrN2O9S. The first kappa shape index (κ1) is 35.1. The zero-order valence-electron chi connectivity index (χ0n) is 26.3. The molecule has 248 valence electrons. The lowest BCUT2D eigenvalue weighted by Gasteiger charge is -2.30. The number of esters is 1. The zero-order chi connectivity index (χ0) is 33.0. The highest BCUT2D eigenvalue weighted by molar-refractivity contribution is 9.10. The molecule has 1 aromatic carbocycles. The summed E-state index contributed by atoms with van der Waals surface area (Å²) in [6.45, 7) is 6.83. The van der Waals surface area contributed by atoms with Gasteiger partial charge in [0, 0.05) is 23.9 Å². The fourth-order valence-corrected chi connectivity index (χ4v) is 7.35. The van der Waals surface area contributed by atoms with E-state index in [9.17, 15) is 27.6 Å². The summed E-state index contributed by atoms with van der Waals surface area (Å²) in [5, 5.41) is 2.68. The van der Waals surface area contributed by atoms with Gasteiger partial charge in [-0.15, -0.1) is 0 Å². The molecule has 2 fully saturated rings. The number of fused-ring (bicyclic) bond motifs is 2. The predicted octanol–water partition coefficient (Wildman–Crippen LogP) is 5.07. The Labute approximate surface area is 273 Å². The molecule has 2 amide bonds. The third-order valence-corrected chi connectivity index (χ3v) is 10.2. The van der Waals surface area contributed by atoms with Gasteiger partial charge in [-0.05, 0) is 83.6 Å². The summed E-state index contributed by atoms with van der Waals surface area (Å²) in [5.74, 6) is -1.53. The van der Waals surface area contributed by atoms with Crippen molar-refractivity contribution in [3.63, 3.8) is 0 Å². The summed E-state index contributed by atoms with van der Waals surface area (Å²) in [7, 11) is -4.23. The molecule has 0 bridgehead atoms. The van der Waals surface area contributed by atoms with E-state index >= 15 is 0 Å². The molecule has 0 spiro atoms. The molecule has 5 atom stereocenters. The fourth-order valence-electron chi connectivity index (χ4n) is 6.01. The molecule has 0 unspecified atom stereocenters. The van der Waals surface area contributed by atoms with Gasteiger partial charge in [-0.25, -0.2) is 4.79 Å².